The van der Waals surface area contributed by atoms with E-state index in [0.29, 0.717) is 6.04 Å². The van der Waals surface area contributed by atoms with Crippen LogP contribution in [0.2, 0.25) is 0 Å². The highest BCUT2D eigenvalue weighted by Crippen LogP contribution is 2.39. The quantitative estimate of drug-likeness (QED) is 0.810. The molecule has 1 fully saturated rings. The number of para-hydroxylation sites is 2. The van der Waals surface area contributed by atoms with Crippen molar-refractivity contribution in [3.63, 3.8) is 0 Å². The van der Waals surface area contributed by atoms with Crippen molar-refractivity contribution < 1.29 is 0 Å². The van der Waals surface area contributed by atoms with E-state index in [1.165, 1.54) is 18.4 Å². The zero-order valence-corrected chi connectivity index (χ0v) is 8.85. The van der Waals surface area contributed by atoms with Crippen LogP contribution in [0.1, 0.15) is 37.7 Å². The molecule has 3 nitrogen and oxygen atoms in total. The first kappa shape index (κ1) is 8.92. The topological polar surface area (TPSA) is 43.8 Å². The van der Waals surface area contributed by atoms with Crippen LogP contribution >= 0.6 is 0 Å². The molecule has 1 aromatic heterocycles. The third-order valence-corrected chi connectivity index (χ3v) is 2.94. The molecule has 78 valence electrons. The first-order chi connectivity index (χ1) is 7.27. The van der Waals surface area contributed by atoms with Crippen molar-refractivity contribution in [2.75, 3.05) is 0 Å². The number of nitrogens with zero attached hydrogens (tertiary/aromatic N) is 2. The van der Waals surface area contributed by atoms with E-state index in [4.69, 9.17) is 5.73 Å². The average Bonchev–Trinajstić information content (AvgIpc) is 2.98. The van der Waals surface area contributed by atoms with E-state index in [2.05, 4.69) is 27.8 Å². The molecule has 1 saturated carbocycles. The van der Waals surface area contributed by atoms with Crippen molar-refractivity contribution in [1.29, 1.82) is 0 Å². The lowest BCUT2D eigenvalue weighted by Crippen LogP contribution is -2.12. The summed E-state index contributed by atoms with van der Waals surface area (Å²) >= 11 is 0. The first-order valence-corrected chi connectivity index (χ1v) is 5.50. The largest absolute Gasteiger partial charge is 0.324 e. The summed E-state index contributed by atoms with van der Waals surface area (Å²) in [6.45, 7) is 2.00. The lowest BCUT2D eigenvalue weighted by molar-refractivity contribution is 0.639. The van der Waals surface area contributed by atoms with Crippen molar-refractivity contribution in [2.24, 2.45) is 5.73 Å². The standard InChI is InChI=1S/C12H15N3/c1-8(13)12-14-10-4-2-3-5-11(10)15(12)9-6-7-9/h2-5,8-9H,6-7,13H2,1H3. The van der Waals surface area contributed by atoms with Gasteiger partial charge in [0.05, 0.1) is 17.1 Å². The molecule has 1 heterocycles. The number of imidazole rings is 1. The molecule has 0 amide bonds. The molecule has 0 bridgehead atoms. The maximum Gasteiger partial charge on any atom is 0.126 e. The predicted molar refractivity (Wildman–Crippen MR) is 60.6 cm³/mol. The average molecular weight is 201 g/mol. The molecule has 2 N–H and O–H groups in total. The van der Waals surface area contributed by atoms with E-state index >= 15 is 0 Å². The zero-order chi connectivity index (χ0) is 10.4. The van der Waals surface area contributed by atoms with E-state index in [-0.39, 0.29) is 6.04 Å². The molecule has 1 unspecified atom stereocenters. The van der Waals surface area contributed by atoms with Crippen molar-refractivity contribution in [1.82, 2.24) is 9.55 Å². The molecule has 0 aliphatic heterocycles. The van der Waals surface area contributed by atoms with Crippen LogP contribution in [0.25, 0.3) is 11.0 Å². The maximum absolute atomic E-state index is 5.96. The summed E-state index contributed by atoms with van der Waals surface area (Å²) in [5.74, 6) is 1.03. The number of fused-ring (bicyclic) bond motifs is 1. The molecular weight excluding hydrogens is 186 g/mol. The SMILES string of the molecule is CC(N)c1nc2ccccc2n1C1CC1. The second-order valence-corrected chi connectivity index (χ2v) is 4.35. The highest BCUT2D eigenvalue weighted by Gasteiger charge is 2.28. The van der Waals surface area contributed by atoms with Gasteiger partial charge in [-0.3, -0.25) is 0 Å². The Morgan fingerprint density at radius 2 is 2.13 bits per heavy atom. The summed E-state index contributed by atoms with van der Waals surface area (Å²) in [5.41, 5.74) is 8.26. The van der Waals surface area contributed by atoms with Gasteiger partial charge in [-0.15, -0.1) is 0 Å². The minimum Gasteiger partial charge on any atom is -0.324 e. The second kappa shape index (κ2) is 3.07. The fourth-order valence-corrected chi connectivity index (χ4v) is 2.10. The third-order valence-electron chi connectivity index (χ3n) is 2.94. The van der Waals surface area contributed by atoms with Crippen LogP contribution < -0.4 is 5.73 Å². The number of rotatable bonds is 2. The number of hydrogen-bond donors (Lipinski definition) is 1. The van der Waals surface area contributed by atoms with Gasteiger partial charge >= 0.3 is 0 Å². The number of benzene rings is 1. The molecule has 15 heavy (non-hydrogen) atoms. The molecular formula is C12H15N3. The van der Waals surface area contributed by atoms with Crippen molar-refractivity contribution in [3.05, 3.63) is 30.1 Å². The first-order valence-electron chi connectivity index (χ1n) is 5.50. The summed E-state index contributed by atoms with van der Waals surface area (Å²) in [6.07, 6.45) is 2.53. The van der Waals surface area contributed by atoms with Gasteiger partial charge in [0, 0.05) is 6.04 Å². The Morgan fingerprint density at radius 3 is 2.80 bits per heavy atom. The Kier molecular flexibility index (Phi) is 1.83. The lowest BCUT2D eigenvalue weighted by atomic mass is 10.3. The van der Waals surface area contributed by atoms with Gasteiger partial charge in [-0.2, -0.15) is 0 Å². The van der Waals surface area contributed by atoms with E-state index in [1.807, 2.05) is 13.0 Å². The van der Waals surface area contributed by atoms with Crippen LogP contribution in [0, 0.1) is 0 Å². The minimum atomic E-state index is 0.0120. The number of aromatic nitrogens is 2. The van der Waals surface area contributed by atoms with Crippen LogP contribution in [0.3, 0.4) is 0 Å². The molecule has 0 saturated heterocycles. The van der Waals surface area contributed by atoms with Gasteiger partial charge in [0.25, 0.3) is 0 Å². The monoisotopic (exact) mass is 201 g/mol. The summed E-state index contributed by atoms with van der Waals surface area (Å²) in [6, 6.07) is 8.93. The van der Waals surface area contributed by atoms with Crippen LogP contribution in [0.4, 0.5) is 0 Å². The Balaban J connectivity index is 2.28. The summed E-state index contributed by atoms with van der Waals surface area (Å²) in [7, 11) is 0. The molecule has 0 spiro atoms. The lowest BCUT2D eigenvalue weighted by Gasteiger charge is -2.09. The Morgan fingerprint density at radius 1 is 1.40 bits per heavy atom. The highest BCUT2D eigenvalue weighted by atomic mass is 15.1. The molecule has 1 aliphatic carbocycles. The van der Waals surface area contributed by atoms with Gasteiger partial charge in [-0.25, -0.2) is 4.98 Å². The molecule has 2 aromatic rings. The van der Waals surface area contributed by atoms with Crippen LogP contribution in [-0.2, 0) is 0 Å². The van der Waals surface area contributed by atoms with Gasteiger partial charge in [0.2, 0.25) is 0 Å². The Hall–Kier alpha value is -1.35. The number of nitrogens with two attached hydrogens (primary N) is 1. The van der Waals surface area contributed by atoms with Crippen molar-refractivity contribution in [3.8, 4) is 0 Å². The van der Waals surface area contributed by atoms with Gasteiger partial charge in [-0.05, 0) is 31.9 Å². The van der Waals surface area contributed by atoms with Crippen molar-refractivity contribution >= 4 is 11.0 Å². The van der Waals surface area contributed by atoms with E-state index in [1.54, 1.807) is 0 Å². The summed E-state index contributed by atoms with van der Waals surface area (Å²) < 4.78 is 2.32. The van der Waals surface area contributed by atoms with Gasteiger partial charge in [-0.1, -0.05) is 12.1 Å². The normalized spacial score (nSPS) is 18.3. The van der Waals surface area contributed by atoms with Crippen LogP contribution in [0.5, 0.6) is 0 Å². The smallest absolute Gasteiger partial charge is 0.126 e. The minimum absolute atomic E-state index is 0.0120. The third kappa shape index (κ3) is 1.35. The predicted octanol–water partition coefficient (Wildman–Crippen LogP) is 2.39. The van der Waals surface area contributed by atoms with Crippen LogP contribution in [-0.4, -0.2) is 9.55 Å². The number of hydrogen-bond acceptors (Lipinski definition) is 2. The Labute approximate surface area is 88.9 Å². The fourth-order valence-electron chi connectivity index (χ4n) is 2.10. The van der Waals surface area contributed by atoms with Gasteiger partial charge in [0.1, 0.15) is 5.82 Å². The summed E-state index contributed by atoms with van der Waals surface area (Å²) in [4.78, 5) is 4.61. The Bertz CT molecular complexity index is 495. The van der Waals surface area contributed by atoms with E-state index in [9.17, 15) is 0 Å². The fraction of sp³-hybridized carbons (Fsp3) is 0.417. The molecule has 1 atom stereocenters. The molecule has 3 heteroatoms. The molecule has 1 aromatic carbocycles. The van der Waals surface area contributed by atoms with Crippen LogP contribution in [0.15, 0.2) is 24.3 Å². The highest BCUT2D eigenvalue weighted by molar-refractivity contribution is 5.76. The van der Waals surface area contributed by atoms with Gasteiger partial charge < -0.3 is 10.3 Å². The van der Waals surface area contributed by atoms with E-state index in [0.717, 1.165) is 11.3 Å². The molecule has 3 rings (SSSR count). The zero-order valence-electron chi connectivity index (χ0n) is 8.85. The molecule has 0 radical (unpaired) electrons. The van der Waals surface area contributed by atoms with E-state index < -0.39 is 0 Å². The summed E-state index contributed by atoms with van der Waals surface area (Å²) in [5, 5.41) is 0. The van der Waals surface area contributed by atoms with Crippen molar-refractivity contribution in [2.45, 2.75) is 31.8 Å². The van der Waals surface area contributed by atoms with Gasteiger partial charge in [0.15, 0.2) is 0 Å². The second-order valence-electron chi connectivity index (χ2n) is 4.35. The maximum atomic E-state index is 5.96. The molecule has 1 aliphatic rings.